The van der Waals surface area contributed by atoms with Gasteiger partial charge in [0, 0.05) is 51.9 Å². The Kier molecular flexibility index (Phi) is 12.4. The van der Waals surface area contributed by atoms with E-state index in [0.29, 0.717) is 47.4 Å². The summed E-state index contributed by atoms with van der Waals surface area (Å²) in [4.78, 5) is 60.7. The lowest BCUT2D eigenvalue weighted by atomic mass is 9.85. The Morgan fingerprint density at radius 3 is 2.58 bits per heavy atom. The van der Waals surface area contributed by atoms with Gasteiger partial charge in [0.1, 0.15) is 17.4 Å². The molecule has 18 heteroatoms. The monoisotopic (exact) mass is 879 g/mol. The fourth-order valence-corrected chi connectivity index (χ4v) is 10.1. The Labute approximate surface area is 369 Å². The third-order valence-electron chi connectivity index (χ3n) is 13.6. The normalized spacial score (nSPS) is 23.7. The zero-order valence-electron chi connectivity index (χ0n) is 36.5. The first-order valence-electron chi connectivity index (χ1n) is 22.6. The Balaban J connectivity index is 0.771. The van der Waals surface area contributed by atoms with E-state index >= 15 is 0 Å². The van der Waals surface area contributed by atoms with E-state index in [-0.39, 0.29) is 53.9 Å². The van der Waals surface area contributed by atoms with Crippen LogP contribution >= 0.6 is 0 Å². The number of hydrogen-bond acceptors (Lipinski definition) is 10. The molecule has 1 unspecified atom stereocenters. The first-order chi connectivity index (χ1) is 30.9. The number of fused-ring (bicyclic) bond motifs is 2. The zero-order chi connectivity index (χ0) is 44.6. The Bertz CT molecular complexity index is 2680. The van der Waals surface area contributed by atoms with Crippen LogP contribution in [0.25, 0.3) is 16.7 Å². The van der Waals surface area contributed by atoms with Gasteiger partial charge in [0.15, 0.2) is 11.3 Å². The number of likely N-dealkylation sites (tertiary alicyclic amines) is 1. The van der Waals surface area contributed by atoms with Gasteiger partial charge in [-0.3, -0.25) is 33.5 Å². The Morgan fingerprint density at radius 1 is 1.03 bits per heavy atom. The Morgan fingerprint density at radius 2 is 1.83 bits per heavy atom. The summed E-state index contributed by atoms with van der Waals surface area (Å²) in [5.74, 6) is 6.98. The minimum absolute atomic E-state index is 0.00970. The number of para-hydroxylation sites is 1. The van der Waals surface area contributed by atoms with Crippen molar-refractivity contribution in [3.63, 3.8) is 0 Å². The lowest BCUT2D eigenvalue weighted by Crippen LogP contribution is -2.46. The maximum Gasteiger partial charge on any atom is 0.329 e. The number of nitrogens with zero attached hydrogens (tertiary/aromatic N) is 9. The van der Waals surface area contributed by atoms with E-state index in [1.807, 2.05) is 31.2 Å². The van der Waals surface area contributed by atoms with E-state index in [1.54, 1.807) is 24.1 Å². The maximum absolute atomic E-state index is 14.3. The molecule has 5 aromatic rings. The van der Waals surface area contributed by atoms with Gasteiger partial charge in [0.25, 0.3) is 12.3 Å². The average Bonchev–Trinajstić information content (AvgIpc) is 3.98. The van der Waals surface area contributed by atoms with E-state index in [4.69, 9.17) is 9.72 Å². The summed E-state index contributed by atoms with van der Waals surface area (Å²) >= 11 is 0. The number of carbonyl (C=O) groups excluding carboxylic acids is 3. The molecule has 3 amide bonds. The minimum Gasteiger partial charge on any atom is -0.372 e. The predicted octanol–water partition coefficient (Wildman–Crippen LogP) is 5.64. The minimum atomic E-state index is -2.87. The van der Waals surface area contributed by atoms with E-state index in [9.17, 15) is 28.0 Å². The van der Waals surface area contributed by atoms with Crippen molar-refractivity contribution in [1.82, 2.24) is 43.7 Å². The van der Waals surface area contributed by atoms with Crippen LogP contribution in [0.5, 0.6) is 0 Å². The molecule has 3 atom stereocenters. The molecule has 0 spiro atoms. The van der Waals surface area contributed by atoms with E-state index in [2.05, 4.69) is 49.4 Å². The molecule has 1 saturated carbocycles. The van der Waals surface area contributed by atoms with E-state index in [1.165, 1.54) is 19.8 Å². The van der Waals surface area contributed by atoms with Crippen molar-refractivity contribution in [3.8, 4) is 11.8 Å². The third-order valence-corrected chi connectivity index (χ3v) is 13.6. The number of carbonyl (C=O) groups is 3. The number of amides is 3. The van der Waals surface area contributed by atoms with Gasteiger partial charge in [-0.05, 0) is 101 Å². The summed E-state index contributed by atoms with van der Waals surface area (Å²) in [6.07, 6.45) is 9.62. The predicted molar refractivity (Wildman–Crippen MR) is 235 cm³/mol. The van der Waals surface area contributed by atoms with Crippen LogP contribution in [0.4, 0.5) is 20.3 Å². The molecule has 4 aliphatic rings. The second-order valence-corrected chi connectivity index (χ2v) is 17.9. The van der Waals surface area contributed by atoms with Gasteiger partial charge in [-0.2, -0.15) is 10.2 Å². The molecule has 7 heterocycles. The van der Waals surface area contributed by atoms with Gasteiger partial charge in [-0.25, -0.2) is 23.1 Å². The second kappa shape index (κ2) is 18.3. The molecule has 0 radical (unpaired) electrons. The summed E-state index contributed by atoms with van der Waals surface area (Å²) in [6, 6.07) is 6.63. The van der Waals surface area contributed by atoms with E-state index in [0.717, 1.165) is 76.6 Å². The lowest BCUT2D eigenvalue weighted by Gasteiger charge is -2.37. The molecule has 3 saturated heterocycles. The molecule has 16 nitrogen and oxygen atoms in total. The van der Waals surface area contributed by atoms with Crippen LogP contribution in [0, 0.1) is 23.7 Å². The highest BCUT2D eigenvalue weighted by Crippen LogP contribution is 2.36. The smallest absolute Gasteiger partial charge is 0.329 e. The van der Waals surface area contributed by atoms with Crippen LogP contribution in [-0.4, -0.2) is 101 Å². The number of aryl methyl sites for hydroxylation is 1. The molecule has 64 heavy (non-hydrogen) atoms. The van der Waals surface area contributed by atoms with Gasteiger partial charge >= 0.3 is 5.69 Å². The average molecular weight is 880 g/mol. The second-order valence-electron chi connectivity index (χ2n) is 17.9. The number of nitrogens with one attached hydrogen (secondary N) is 2. The molecule has 9 rings (SSSR count). The first-order valence-corrected chi connectivity index (χ1v) is 22.6. The van der Waals surface area contributed by atoms with Gasteiger partial charge < -0.3 is 19.9 Å². The number of imidazole rings is 1. The van der Waals surface area contributed by atoms with Crippen LogP contribution in [0.2, 0.25) is 0 Å². The highest BCUT2D eigenvalue weighted by atomic mass is 19.3. The molecule has 4 aromatic heterocycles. The number of piperidine rings is 2. The largest absolute Gasteiger partial charge is 0.372 e. The van der Waals surface area contributed by atoms with Crippen molar-refractivity contribution < 1.29 is 27.9 Å². The summed E-state index contributed by atoms with van der Waals surface area (Å²) in [6.45, 7) is 8.41. The molecule has 1 aliphatic carbocycles. The van der Waals surface area contributed by atoms with E-state index < -0.39 is 30.0 Å². The topological polar surface area (TPSA) is 166 Å². The first kappa shape index (κ1) is 43.3. The van der Waals surface area contributed by atoms with Gasteiger partial charge in [0.05, 0.1) is 46.7 Å². The number of halogens is 2. The molecule has 338 valence electrons. The third kappa shape index (κ3) is 8.79. The SMILES string of the molecule is CC[C@@H]1CN(c2ccn3ncc(C(=O)Nc4cn(C5CCC(CN6CCC(CC#Cc7cccc8c7n(C)c(=O)n8C7CCC(=O)NC7=O)CC6)CC5)nc4C(F)F)c3n2)C[C@@H](C)O1. The van der Waals surface area contributed by atoms with Crippen LogP contribution in [-0.2, 0) is 21.4 Å². The van der Waals surface area contributed by atoms with Gasteiger partial charge in [0.2, 0.25) is 11.8 Å². The standard InChI is InChI=1S/C46H55F2N11O5/c1-4-33-26-56(24-28(2)64-33)38-19-22-57-43(51-38)34(23-49-57)44(61)50-35-27-58(53-40(35)42(47)48)32-13-11-30(12-14-32)25-55-20-17-29(18-21-55)7-5-8-31-9-6-10-36-41(31)54(3)46(63)59(36)37-15-16-39(60)52-45(37)62/h6,9-10,19,22-23,27-30,32-33,37,42H,4,7,11-18,20-21,24-26H2,1-3H3,(H,50,61)(H,52,60,62)/t28-,30?,32?,33-,37?/m1/s1. The zero-order valence-corrected chi connectivity index (χ0v) is 36.5. The van der Waals surface area contributed by atoms with Crippen molar-refractivity contribution in [1.29, 1.82) is 0 Å². The number of morpholine rings is 1. The highest BCUT2D eigenvalue weighted by molar-refractivity contribution is 6.08. The van der Waals surface area contributed by atoms with Crippen molar-refractivity contribution in [2.45, 2.75) is 109 Å². The fraction of sp³-hybridized carbons (Fsp3) is 0.543. The number of ether oxygens (including phenoxy) is 1. The molecule has 1 aromatic carbocycles. The van der Waals surface area contributed by atoms with Crippen LogP contribution < -0.4 is 21.2 Å². The molecule has 0 bridgehead atoms. The fourth-order valence-electron chi connectivity index (χ4n) is 10.1. The molecule has 4 fully saturated rings. The number of alkyl halides is 2. The molecular formula is C46H55F2N11O5. The van der Waals surface area contributed by atoms with Crippen molar-refractivity contribution in [2.24, 2.45) is 18.9 Å². The molecule has 3 aliphatic heterocycles. The molecule has 2 N–H and O–H groups in total. The lowest BCUT2D eigenvalue weighted by molar-refractivity contribution is -0.135. The number of rotatable bonds is 10. The number of imide groups is 1. The number of anilines is 2. The number of hydrogen-bond donors (Lipinski definition) is 2. The van der Waals surface area contributed by atoms with Crippen molar-refractivity contribution in [3.05, 3.63) is 70.2 Å². The van der Waals surface area contributed by atoms with Gasteiger partial charge in [-0.1, -0.05) is 24.8 Å². The van der Waals surface area contributed by atoms with Crippen molar-refractivity contribution >= 4 is 45.9 Å². The van der Waals surface area contributed by atoms with Crippen LogP contribution in [0.15, 0.2) is 47.7 Å². The highest BCUT2D eigenvalue weighted by Gasteiger charge is 2.33. The summed E-state index contributed by atoms with van der Waals surface area (Å²) in [7, 11) is 1.69. The van der Waals surface area contributed by atoms with Gasteiger partial charge in [-0.15, -0.1) is 0 Å². The summed E-state index contributed by atoms with van der Waals surface area (Å²) in [5.41, 5.74) is 1.79. The Hall–Kier alpha value is -5.93. The summed E-state index contributed by atoms with van der Waals surface area (Å²) in [5, 5.41) is 13.7. The number of aromatic nitrogens is 7. The van der Waals surface area contributed by atoms with Crippen LogP contribution in [0.1, 0.15) is 118 Å². The molecular weight excluding hydrogens is 825 g/mol. The van der Waals surface area contributed by atoms with Crippen LogP contribution in [0.3, 0.4) is 0 Å². The summed E-state index contributed by atoms with van der Waals surface area (Å²) < 4.78 is 40.9. The number of benzene rings is 1. The quantitative estimate of drug-likeness (QED) is 0.133. The maximum atomic E-state index is 14.3. The van der Waals surface area contributed by atoms with Crippen molar-refractivity contribution in [2.75, 3.05) is 42.9 Å².